The topological polar surface area (TPSA) is 109 Å². The van der Waals surface area contributed by atoms with Crippen molar-refractivity contribution in [1.29, 1.82) is 0 Å². The highest BCUT2D eigenvalue weighted by Gasteiger charge is 2.26. The van der Waals surface area contributed by atoms with Gasteiger partial charge in [0, 0.05) is 44.3 Å². The molecule has 0 aliphatic carbocycles. The Labute approximate surface area is 245 Å². The van der Waals surface area contributed by atoms with E-state index >= 15 is 0 Å². The number of benzene rings is 2. The first-order valence-electron chi connectivity index (χ1n) is 12.7. The predicted octanol–water partition coefficient (Wildman–Crippen LogP) is 5.67. The van der Waals surface area contributed by atoms with Crippen LogP contribution in [0.3, 0.4) is 0 Å². The van der Waals surface area contributed by atoms with Crippen molar-refractivity contribution in [2.75, 3.05) is 40.2 Å². The number of rotatable bonds is 8. The molecule has 0 unspecified atom stereocenters. The number of nitrogens with zero attached hydrogens (tertiary/aromatic N) is 4. The van der Waals surface area contributed by atoms with E-state index in [0.29, 0.717) is 21.7 Å². The van der Waals surface area contributed by atoms with E-state index in [4.69, 9.17) is 9.57 Å². The number of hydrogen-bond acceptors (Lipinski definition) is 7. The Hall–Kier alpha value is -3.74. The number of carbonyl (C=O) groups excluding carboxylic acids is 2. The van der Waals surface area contributed by atoms with Gasteiger partial charge >= 0.3 is 6.09 Å². The first-order valence-corrected chi connectivity index (χ1v) is 14.9. The van der Waals surface area contributed by atoms with Crippen LogP contribution in [0.25, 0.3) is 21.6 Å². The molecule has 41 heavy (non-hydrogen) atoms. The van der Waals surface area contributed by atoms with Crippen LogP contribution in [0.4, 0.5) is 10.5 Å². The van der Waals surface area contributed by atoms with Crippen molar-refractivity contribution in [3.05, 3.63) is 59.0 Å². The summed E-state index contributed by atoms with van der Waals surface area (Å²) in [6.45, 7) is 7.34. The Morgan fingerprint density at radius 2 is 1.49 bits per heavy atom. The Kier molecular flexibility index (Phi) is 9.62. The molecule has 0 saturated heterocycles. The fourth-order valence-electron chi connectivity index (χ4n) is 3.80. The third-order valence-corrected chi connectivity index (χ3v) is 8.51. The SMILES string of the molecule is CON(C)C(=O)c1sc(-c2ccc(N(C)C(=O)OC(C)(C)C)cc2)c(C)c1-c1ccc(S(=O)(=O)N=CN(C)C)cc1. The summed E-state index contributed by atoms with van der Waals surface area (Å²) in [4.78, 5) is 35.3. The van der Waals surface area contributed by atoms with E-state index in [0.717, 1.165) is 21.1 Å². The van der Waals surface area contributed by atoms with Crippen molar-refractivity contribution >= 4 is 45.4 Å². The highest BCUT2D eigenvalue weighted by atomic mass is 32.2. The largest absolute Gasteiger partial charge is 0.443 e. The highest BCUT2D eigenvalue weighted by Crippen LogP contribution is 2.43. The molecule has 1 aromatic heterocycles. The number of amides is 2. The second-order valence-electron chi connectivity index (χ2n) is 10.5. The molecule has 3 rings (SSSR count). The van der Waals surface area contributed by atoms with E-state index in [9.17, 15) is 18.0 Å². The van der Waals surface area contributed by atoms with E-state index < -0.39 is 21.7 Å². The molecule has 0 bridgehead atoms. The summed E-state index contributed by atoms with van der Waals surface area (Å²) in [6, 6.07) is 13.7. The van der Waals surface area contributed by atoms with E-state index in [1.807, 2.05) is 52.0 Å². The molecule has 10 nitrogen and oxygen atoms in total. The normalized spacial score (nSPS) is 11.9. The highest BCUT2D eigenvalue weighted by molar-refractivity contribution is 7.90. The standard InChI is InChI=1S/C29H36N4O6S2/c1-19-24(20-12-16-23(17-13-20)41(36,37)30-18-31(5)6)26(27(34)33(8)38-9)40-25(19)21-10-14-22(15-11-21)32(7)28(35)39-29(2,3)4/h10-18H,1-9H3. The molecule has 0 aliphatic rings. The number of anilines is 1. The monoisotopic (exact) mass is 600 g/mol. The van der Waals surface area contributed by atoms with Gasteiger partial charge in [0.15, 0.2) is 0 Å². The lowest BCUT2D eigenvalue weighted by Crippen LogP contribution is -2.34. The van der Waals surface area contributed by atoms with Gasteiger partial charge in [0.05, 0.1) is 12.0 Å². The van der Waals surface area contributed by atoms with Crippen LogP contribution in [0.2, 0.25) is 0 Å². The van der Waals surface area contributed by atoms with Crippen molar-refractivity contribution in [2.45, 2.75) is 38.2 Å². The van der Waals surface area contributed by atoms with Gasteiger partial charge in [-0.1, -0.05) is 24.3 Å². The summed E-state index contributed by atoms with van der Waals surface area (Å²) in [5.41, 5.74) is 3.09. The lowest BCUT2D eigenvalue weighted by atomic mass is 9.98. The van der Waals surface area contributed by atoms with Crippen LogP contribution in [0.1, 0.15) is 36.0 Å². The van der Waals surface area contributed by atoms with E-state index in [1.54, 1.807) is 33.3 Å². The molecular formula is C29H36N4O6S2. The van der Waals surface area contributed by atoms with Crippen molar-refractivity contribution in [2.24, 2.45) is 4.40 Å². The van der Waals surface area contributed by atoms with E-state index in [-0.39, 0.29) is 10.8 Å². The maximum absolute atomic E-state index is 13.3. The molecule has 0 atom stereocenters. The van der Waals surface area contributed by atoms with Gasteiger partial charge in [-0.25, -0.2) is 9.86 Å². The first kappa shape index (κ1) is 31.8. The number of ether oxygens (including phenoxy) is 1. The molecule has 0 saturated carbocycles. The van der Waals surface area contributed by atoms with Gasteiger partial charge in [0.25, 0.3) is 15.9 Å². The van der Waals surface area contributed by atoms with Crippen molar-refractivity contribution in [1.82, 2.24) is 9.96 Å². The Balaban J connectivity index is 2.05. The molecule has 0 radical (unpaired) electrons. The summed E-state index contributed by atoms with van der Waals surface area (Å²) in [6.07, 6.45) is 0.764. The predicted molar refractivity (Wildman–Crippen MR) is 163 cm³/mol. The maximum Gasteiger partial charge on any atom is 0.414 e. The fraction of sp³-hybridized carbons (Fsp3) is 0.345. The Bertz CT molecular complexity index is 1540. The summed E-state index contributed by atoms with van der Waals surface area (Å²) in [5.74, 6) is -0.338. The van der Waals surface area contributed by atoms with Crippen LogP contribution >= 0.6 is 11.3 Å². The zero-order valence-corrected chi connectivity index (χ0v) is 26.4. The second kappa shape index (κ2) is 12.4. The Morgan fingerprint density at radius 3 is 2.00 bits per heavy atom. The quantitative estimate of drug-likeness (QED) is 0.186. The molecule has 12 heteroatoms. The van der Waals surface area contributed by atoms with Gasteiger partial charge in [0.2, 0.25) is 0 Å². The zero-order chi connectivity index (χ0) is 30.7. The van der Waals surface area contributed by atoms with Gasteiger partial charge in [-0.3, -0.25) is 14.5 Å². The molecule has 0 fully saturated rings. The van der Waals surface area contributed by atoms with Crippen LogP contribution in [0, 0.1) is 6.92 Å². The average Bonchev–Trinajstić information content (AvgIpc) is 3.26. The molecule has 220 valence electrons. The first-order chi connectivity index (χ1) is 19.1. The molecule has 2 amide bonds. The Morgan fingerprint density at radius 1 is 0.927 bits per heavy atom. The molecule has 0 aliphatic heterocycles. The second-order valence-corrected chi connectivity index (χ2v) is 13.2. The fourth-order valence-corrected chi connectivity index (χ4v) is 6.01. The van der Waals surface area contributed by atoms with Gasteiger partial charge in [-0.05, 0) is 68.7 Å². The van der Waals surface area contributed by atoms with Gasteiger partial charge < -0.3 is 9.64 Å². The van der Waals surface area contributed by atoms with Crippen LogP contribution in [-0.4, -0.2) is 77.6 Å². The molecule has 0 spiro atoms. The minimum atomic E-state index is -3.88. The van der Waals surface area contributed by atoms with Crippen molar-refractivity contribution in [3.8, 4) is 21.6 Å². The zero-order valence-electron chi connectivity index (χ0n) is 24.8. The van der Waals surface area contributed by atoms with Crippen LogP contribution in [0.15, 0.2) is 57.8 Å². The van der Waals surface area contributed by atoms with Gasteiger partial charge in [-0.2, -0.15) is 8.42 Å². The molecule has 3 aromatic rings. The number of hydroxylamine groups is 2. The van der Waals surface area contributed by atoms with Crippen LogP contribution in [0.5, 0.6) is 0 Å². The van der Waals surface area contributed by atoms with Gasteiger partial charge in [-0.15, -0.1) is 15.7 Å². The van der Waals surface area contributed by atoms with E-state index in [1.165, 1.54) is 53.8 Å². The number of carbonyl (C=O) groups is 2. The van der Waals surface area contributed by atoms with Crippen LogP contribution in [-0.2, 0) is 19.6 Å². The minimum Gasteiger partial charge on any atom is -0.443 e. The minimum absolute atomic E-state index is 0.0408. The molecule has 1 heterocycles. The molecule has 2 aromatic carbocycles. The van der Waals surface area contributed by atoms with Crippen molar-refractivity contribution < 1.29 is 27.6 Å². The lowest BCUT2D eigenvalue weighted by molar-refractivity contribution is -0.0753. The third kappa shape index (κ3) is 7.51. The smallest absolute Gasteiger partial charge is 0.414 e. The average molecular weight is 601 g/mol. The number of thiophene rings is 1. The van der Waals surface area contributed by atoms with Gasteiger partial charge in [0.1, 0.15) is 16.8 Å². The number of hydrogen-bond donors (Lipinski definition) is 0. The lowest BCUT2D eigenvalue weighted by Gasteiger charge is -2.24. The third-order valence-electron chi connectivity index (χ3n) is 5.94. The summed E-state index contributed by atoms with van der Waals surface area (Å²) in [5, 5.41) is 1.15. The molecular weight excluding hydrogens is 564 g/mol. The summed E-state index contributed by atoms with van der Waals surface area (Å²) in [7, 11) is 4.07. The van der Waals surface area contributed by atoms with E-state index in [2.05, 4.69) is 4.40 Å². The van der Waals surface area contributed by atoms with Crippen molar-refractivity contribution in [3.63, 3.8) is 0 Å². The molecule has 0 N–H and O–H groups in total. The maximum atomic E-state index is 13.3. The number of sulfonamides is 1. The summed E-state index contributed by atoms with van der Waals surface area (Å²) >= 11 is 1.31. The van der Waals surface area contributed by atoms with Crippen LogP contribution < -0.4 is 4.90 Å². The summed E-state index contributed by atoms with van der Waals surface area (Å²) < 4.78 is 34.3.